The van der Waals surface area contributed by atoms with E-state index in [1.165, 1.54) is 0 Å². The largest absolute Gasteiger partial charge is 0.435 e. The molecular weight excluding hydrogens is 311 g/mol. The Morgan fingerprint density at radius 2 is 2.11 bits per heavy atom. The van der Waals surface area contributed by atoms with Crippen LogP contribution in [0, 0.1) is 5.82 Å². The number of benzene rings is 1. The zero-order chi connectivity index (χ0) is 13.7. The summed E-state index contributed by atoms with van der Waals surface area (Å²) in [5.74, 6) is 0.0935. The average Bonchev–Trinajstić information content (AvgIpc) is 2.42. The van der Waals surface area contributed by atoms with Gasteiger partial charge in [0, 0.05) is 18.3 Å². The van der Waals surface area contributed by atoms with Crippen LogP contribution in [-0.4, -0.2) is 11.5 Å². The first kappa shape index (κ1) is 14.0. The number of nitrogens with zero attached hydrogens (tertiary/aromatic N) is 1. The summed E-state index contributed by atoms with van der Waals surface area (Å²) in [7, 11) is 0. The van der Waals surface area contributed by atoms with Gasteiger partial charge < -0.3 is 10.1 Å². The number of nitrogens with one attached hydrogen (secondary N) is 1. The van der Waals surface area contributed by atoms with Crippen LogP contribution in [0.5, 0.6) is 11.6 Å². The molecule has 0 aliphatic heterocycles. The fourth-order valence-corrected chi connectivity index (χ4v) is 1.93. The first-order valence-electron chi connectivity index (χ1n) is 5.99. The molecule has 0 spiro atoms. The molecule has 0 bridgehead atoms. The number of pyridine rings is 1. The molecule has 0 aliphatic carbocycles. The Hall–Kier alpha value is -1.46. The molecule has 1 heterocycles. The second-order valence-electron chi connectivity index (χ2n) is 3.90. The van der Waals surface area contributed by atoms with Crippen LogP contribution in [0.3, 0.4) is 0 Å². The third-order valence-corrected chi connectivity index (χ3v) is 3.20. The zero-order valence-electron chi connectivity index (χ0n) is 10.5. The Balaban J connectivity index is 2.23. The van der Waals surface area contributed by atoms with Crippen LogP contribution < -0.4 is 10.1 Å². The number of halogens is 2. The average molecular weight is 325 g/mol. The fourth-order valence-electron chi connectivity index (χ4n) is 1.56. The van der Waals surface area contributed by atoms with Crippen molar-refractivity contribution in [1.29, 1.82) is 0 Å². The van der Waals surface area contributed by atoms with E-state index >= 15 is 0 Å². The Kier molecular flexibility index (Phi) is 4.87. The standard InChI is InChI=1S/C14H14BrFN2O/c1-2-17-9-10-7-8-18-14(13(10)16)19-12-6-4-3-5-11(12)15/h3-8,17H,2,9H2,1H3. The Morgan fingerprint density at radius 1 is 1.32 bits per heavy atom. The summed E-state index contributed by atoms with van der Waals surface area (Å²) in [5.41, 5.74) is 0.541. The Labute approximate surface area is 119 Å². The molecule has 0 saturated carbocycles. The summed E-state index contributed by atoms with van der Waals surface area (Å²) in [6, 6.07) is 8.91. The SMILES string of the molecule is CCNCc1ccnc(Oc2ccccc2Br)c1F. The van der Waals surface area contributed by atoms with Gasteiger partial charge in [-0.15, -0.1) is 0 Å². The van der Waals surface area contributed by atoms with E-state index in [1.807, 2.05) is 25.1 Å². The van der Waals surface area contributed by atoms with Crippen LogP contribution >= 0.6 is 15.9 Å². The molecule has 0 atom stereocenters. The lowest BCUT2D eigenvalue weighted by molar-refractivity contribution is 0.415. The van der Waals surface area contributed by atoms with Crippen molar-refractivity contribution in [2.75, 3.05) is 6.54 Å². The summed E-state index contributed by atoms with van der Waals surface area (Å²) in [6.45, 7) is 3.21. The monoisotopic (exact) mass is 324 g/mol. The smallest absolute Gasteiger partial charge is 0.256 e. The highest BCUT2D eigenvalue weighted by atomic mass is 79.9. The van der Waals surface area contributed by atoms with Crippen molar-refractivity contribution in [3.05, 3.63) is 52.4 Å². The third-order valence-electron chi connectivity index (χ3n) is 2.55. The molecule has 1 N–H and O–H groups in total. The van der Waals surface area contributed by atoms with Crippen LogP contribution in [0.1, 0.15) is 12.5 Å². The molecular formula is C14H14BrFN2O. The van der Waals surface area contributed by atoms with E-state index in [1.54, 1.807) is 18.3 Å². The minimum absolute atomic E-state index is 0.0118. The quantitative estimate of drug-likeness (QED) is 0.906. The van der Waals surface area contributed by atoms with Crippen molar-refractivity contribution in [1.82, 2.24) is 10.3 Å². The molecule has 100 valence electrons. The predicted octanol–water partition coefficient (Wildman–Crippen LogP) is 3.89. The zero-order valence-corrected chi connectivity index (χ0v) is 12.1. The normalized spacial score (nSPS) is 10.5. The van der Waals surface area contributed by atoms with E-state index in [9.17, 15) is 4.39 Å². The van der Waals surface area contributed by atoms with Crippen molar-refractivity contribution in [3.63, 3.8) is 0 Å². The molecule has 19 heavy (non-hydrogen) atoms. The van der Waals surface area contributed by atoms with Gasteiger partial charge in [0.25, 0.3) is 5.88 Å². The lowest BCUT2D eigenvalue weighted by Gasteiger charge is -2.10. The molecule has 0 unspecified atom stereocenters. The lowest BCUT2D eigenvalue weighted by atomic mass is 10.2. The van der Waals surface area contributed by atoms with E-state index in [-0.39, 0.29) is 5.88 Å². The molecule has 1 aromatic heterocycles. The minimum atomic E-state index is -0.431. The molecule has 2 aromatic rings. The van der Waals surface area contributed by atoms with E-state index in [4.69, 9.17) is 4.74 Å². The highest BCUT2D eigenvalue weighted by Gasteiger charge is 2.12. The first-order valence-corrected chi connectivity index (χ1v) is 6.78. The maximum absolute atomic E-state index is 14.2. The van der Waals surface area contributed by atoms with Gasteiger partial charge >= 0.3 is 0 Å². The van der Waals surface area contributed by atoms with Gasteiger partial charge in [0.15, 0.2) is 5.82 Å². The second kappa shape index (κ2) is 6.63. The summed E-state index contributed by atoms with van der Waals surface area (Å²) in [4.78, 5) is 3.94. The molecule has 2 rings (SSSR count). The molecule has 0 aliphatic rings. The van der Waals surface area contributed by atoms with Gasteiger partial charge in [-0.05, 0) is 40.7 Å². The molecule has 3 nitrogen and oxygen atoms in total. The van der Waals surface area contributed by atoms with Gasteiger partial charge in [-0.1, -0.05) is 19.1 Å². The van der Waals surface area contributed by atoms with Crippen LogP contribution in [0.4, 0.5) is 4.39 Å². The van der Waals surface area contributed by atoms with Crippen molar-refractivity contribution in [2.24, 2.45) is 0 Å². The topological polar surface area (TPSA) is 34.2 Å². The van der Waals surface area contributed by atoms with Gasteiger partial charge in [-0.3, -0.25) is 0 Å². The number of rotatable bonds is 5. The Bertz CT molecular complexity index is 563. The van der Waals surface area contributed by atoms with Gasteiger partial charge in [0.05, 0.1) is 4.47 Å². The summed E-state index contributed by atoms with van der Waals surface area (Å²) >= 11 is 3.35. The van der Waals surface area contributed by atoms with Gasteiger partial charge in [-0.2, -0.15) is 0 Å². The minimum Gasteiger partial charge on any atom is -0.435 e. The molecule has 0 amide bonds. The highest BCUT2D eigenvalue weighted by Crippen LogP contribution is 2.30. The third kappa shape index (κ3) is 3.52. The number of hydrogen-bond donors (Lipinski definition) is 1. The second-order valence-corrected chi connectivity index (χ2v) is 4.76. The van der Waals surface area contributed by atoms with E-state index < -0.39 is 5.82 Å². The van der Waals surface area contributed by atoms with E-state index in [0.29, 0.717) is 17.9 Å². The van der Waals surface area contributed by atoms with Crippen LogP contribution in [0.15, 0.2) is 41.0 Å². The van der Waals surface area contributed by atoms with Crippen molar-refractivity contribution >= 4 is 15.9 Å². The fraction of sp³-hybridized carbons (Fsp3) is 0.214. The molecule has 0 radical (unpaired) electrons. The molecule has 1 aromatic carbocycles. The maximum Gasteiger partial charge on any atom is 0.256 e. The molecule has 5 heteroatoms. The van der Waals surface area contributed by atoms with Crippen LogP contribution in [-0.2, 0) is 6.54 Å². The van der Waals surface area contributed by atoms with Crippen molar-refractivity contribution in [3.8, 4) is 11.6 Å². The van der Waals surface area contributed by atoms with E-state index in [2.05, 4.69) is 26.2 Å². The van der Waals surface area contributed by atoms with E-state index in [0.717, 1.165) is 11.0 Å². The van der Waals surface area contributed by atoms with Crippen LogP contribution in [0.25, 0.3) is 0 Å². The van der Waals surface area contributed by atoms with Gasteiger partial charge in [0.1, 0.15) is 5.75 Å². The Morgan fingerprint density at radius 3 is 2.84 bits per heavy atom. The maximum atomic E-state index is 14.2. The highest BCUT2D eigenvalue weighted by molar-refractivity contribution is 9.10. The number of para-hydroxylation sites is 1. The summed E-state index contributed by atoms with van der Waals surface area (Å²) in [5, 5.41) is 3.08. The first-order chi connectivity index (χ1) is 9.22. The number of aromatic nitrogens is 1. The van der Waals surface area contributed by atoms with Crippen molar-refractivity contribution < 1.29 is 9.13 Å². The predicted molar refractivity (Wildman–Crippen MR) is 75.8 cm³/mol. The van der Waals surface area contributed by atoms with Crippen LogP contribution in [0.2, 0.25) is 0 Å². The molecule has 0 fully saturated rings. The molecule has 0 saturated heterocycles. The van der Waals surface area contributed by atoms with Gasteiger partial charge in [0.2, 0.25) is 0 Å². The summed E-state index contributed by atoms with van der Waals surface area (Å²) < 4.78 is 20.4. The number of ether oxygens (including phenoxy) is 1. The number of hydrogen-bond acceptors (Lipinski definition) is 3. The lowest BCUT2D eigenvalue weighted by Crippen LogP contribution is -2.13. The van der Waals surface area contributed by atoms with Gasteiger partial charge in [-0.25, -0.2) is 9.37 Å². The summed E-state index contributed by atoms with van der Waals surface area (Å²) in [6.07, 6.45) is 1.54. The van der Waals surface area contributed by atoms with Crippen molar-refractivity contribution in [2.45, 2.75) is 13.5 Å².